The predicted molar refractivity (Wildman–Crippen MR) is 138 cm³/mol. The molecule has 0 saturated carbocycles. The van der Waals surface area contributed by atoms with Crippen molar-refractivity contribution in [3.63, 3.8) is 0 Å². The van der Waals surface area contributed by atoms with Gasteiger partial charge >= 0.3 is 5.97 Å². The van der Waals surface area contributed by atoms with Gasteiger partial charge in [0, 0.05) is 24.7 Å². The maximum absolute atomic E-state index is 11.1. The van der Waals surface area contributed by atoms with Crippen molar-refractivity contribution < 1.29 is 38.7 Å². The van der Waals surface area contributed by atoms with Crippen LogP contribution in [0.2, 0.25) is 0 Å². The highest BCUT2D eigenvalue weighted by Gasteiger charge is 2.48. The van der Waals surface area contributed by atoms with E-state index in [1.54, 1.807) is 13.1 Å². The molecular formula is C28H45NO8. The molecule has 0 amide bonds. The molecule has 3 N–H and O–H groups in total. The van der Waals surface area contributed by atoms with Crippen molar-refractivity contribution in [2.45, 2.75) is 115 Å². The van der Waals surface area contributed by atoms with Gasteiger partial charge in [-0.05, 0) is 45.6 Å². The van der Waals surface area contributed by atoms with Crippen LogP contribution in [0.1, 0.15) is 83.8 Å². The van der Waals surface area contributed by atoms with Crippen LogP contribution in [0.3, 0.4) is 0 Å². The van der Waals surface area contributed by atoms with Crippen molar-refractivity contribution >= 4 is 12.0 Å². The number of esters is 1. The lowest BCUT2D eigenvalue weighted by Crippen LogP contribution is -2.50. The van der Waals surface area contributed by atoms with E-state index in [-0.39, 0.29) is 30.0 Å². The van der Waals surface area contributed by atoms with Gasteiger partial charge in [0.05, 0.1) is 50.4 Å². The van der Waals surface area contributed by atoms with Gasteiger partial charge in [-0.1, -0.05) is 31.8 Å². The third-order valence-corrected chi connectivity index (χ3v) is 7.67. The number of aryl methyl sites for hydroxylation is 1. The third kappa shape index (κ3) is 9.18. The molecule has 2 aliphatic rings. The molecule has 1 aromatic heterocycles. The Morgan fingerprint density at radius 2 is 1.89 bits per heavy atom. The van der Waals surface area contributed by atoms with Gasteiger partial charge in [-0.25, -0.2) is 4.98 Å². The van der Waals surface area contributed by atoms with E-state index in [1.165, 1.54) is 7.11 Å². The minimum absolute atomic E-state index is 0.00374. The SMILES string of the molecule is COC(=O)CCCCCCCc1cnc(C=C(C)CC2OCC(CC3OC3C(C)C(C)O)C(O)C2O)o1. The van der Waals surface area contributed by atoms with Crippen LogP contribution in [-0.2, 0) is 25.4 Å². The molecule has 210 valence electrons. The second-order valence-corrected chi connectivity index (χ2v) is 10.8. The molecule has 1 aromatic rings. The molecule has 0 aliphatic carbocycles. The lowest BCUT2D eigenvalue weighted by atomic mass is 9.85. The van der Waals surface area contributed by atoms with Gasteiger partial charge in [0.15, 0.2) is 0 Å². The van der Waals surface area contributed by atoms with E-state index in [0.29, 0.717) is 31.8 Å². The van der Waals surface area contributed by atoms with Crippen molar-refractivity contribution in [2.75, 3.05) is 13.7 Å². The van der Waals surface area contributed by atoms with Crippen molar-refractivity contribution in [3.05, 3.63) is 23.4 Å². The molecule has 0 aromatic carbocycles. The highest BCUT2D eigenvalue weighted by atomic mass is 16.6. The Morgan fingerprint density at radius 3 is 2.62 bits per heavy atom. The number of aliphatic hydroxyl groups excluding tert-OH is 3. The second kappa shape index (κ2) is 14.4. The smallest absolute Gasteiger partial charge is 0.305 e. The number of carbonyl (C=O) groups is 1. The molecular weight excluding hydrogens is 478 g/mol. The summed E-state index contributed by atoms with van der Waals surface area (Å²) in [4.78, 5) is 15.5. The van der Waals surface area contributed by atoms with Crippen LogP contribution in [0.15, 0.2) is 16.2 Å². The zero-order valence-corrected chi connectivity index (χ0v) is 22.7. The number of epoxide rings is 1. The molecule has 2 fully saturated rings. The summed E-state index contributed by atoms with van der Waals surface area (Å²) in [6.07, 6.45) is 8.17. The first-order chi connectivity index (χ1) is 17.7. The van der Waals surface area contributed by atoms with Gasteiger partial charge in [-0.2, -0.15) is 0 Å². The number of ether oxygens (including phenoxy) is 3. The standard InChI is InChI=1S/C28H45NO8/c1-17(13-24-29-15-21(36-24)10-8-6-5-7-9-11-25(31)34-4)12-22-27(33)26(32)20(16-35-22)14-23-28(37-23)18(2)19(3)30/h13,15,18-20,22-23,26-28,30,32-33H,5-12,14,16H2,1-4H3. The number of hydrogen-bond acceptors (Lipinski definition) is 9. The van der Waals surface area contributed by atoms with E-state index >= 15 is 0 Å². The topological polar surface area (TPSA) is 135 Å². The largest absolute Gasteiger partial charge is 0.469 e. The first-order valence-electron chi connectivity index (χ1n) is 13.7. The molecule has 0 spiro atoms. The Kier molecular flexibility index (Phi) is 11.6. The maximum atomic E-state index is 11.1. The molecule has 2 aliphatic heterocycles. The van der Waals surface area contributed by atoms with Gasteiger partial charge in [0.2, 0.25) is 5.89 Å². The fourth-order valence-electron chi connectivity index (χ4n) is 5.00. The molecule has 9 nitrogen and oxygen atoms in total. The third-order valence-electron chi connectivity index (χ3n) is 7.67. The lowest BCUT2D eigenvalue weighted by molar-refractivity contribution is -0.165. The van der Waals surface area contributed by atoms with E-state index in [1.807, 2.05) is 19.9 Å². The molecule has 8 atom stereocenters. The summed E-state index contributed by atoms with van der Waals surface area (Å²) in [7, 11) is 1.42. The minimum Gasteiger partial charge on any atom is -0.469 e. The van der Waals surface area contributed by atoms with Crippen LogP contribution in [0.5, 0.6) is 0 Å². The highest BCUT2D eigenvalue weighted by molar-refractivity contribution is 5.68. The molecule has 0 bridgehead atoms. The van der Waals surface area contributed by atoms with Crippen LogP contribution >= 0.6 is 0 Å². The zero-order chi connectivity index (χ0) is 26.9. The Balaban J connectivity index is 1.36. The van der Waals surface area contributed by atoms with E-state index in [9.17, 15) is 20.1 Å². The fraction of sp³-hybridized carbons (Fsp3) is 0.786. The Hall–Kier alpha value is -1.78. The predicted octanol–water partition coefficient (Wildman–Crippen LogP) is 3.44. The first kappa shape index (κ1) is 29.8. The van der Waals surface area contributed by atoms with Crippen molar-refractivity contribution in [1.29, 1.82) is 0 Å². The van der Waals surface area contributed by atoms with Crippen LogP contribution < -0.4 is 0 Å². The number of rotatable bonds is 15. The molecule has 8 unspecified atom stereocenters. The van der Waals surface area contributed by atoms with Crippen molar-refractivity contribution in [2.24, 2.45) is 11.8 Å². The van der Waals surface area contributed by atoms with Gasteiger partial charge in [-0.3, -0.25) is 4.79 Å². The Labute approximate surface area is 220 Å². The first-order valence-corrected chi connectivity index (χ1v) is 13.7. The van der Waals surface area contributed by atoms with E-state index in [4.69, 9.17) is 13.9 Å². The molecule has 9 heteroatoms. The number of hydrogen-bond donors (Lipinski definition) is 3. The number of oxazole rings is 1. The molecule has 3 heterocycles. The van der Waals surface area contributed by atoms with Gasteiger partial charge < -0.3 is 33.9 Å². The zero-order valence-electron chi connectivity index (χ0n) is 22.7. The number of aliphatic hydroxyl groups is 3. The van der Waals surface area contributed by atoms with Crippen LogP contribution in [0.4, 0.5) is 0 Å². The maximum Gasteiger partial charge on any atom is 0.305 e. The van der Waals surface area contributed by atoms with Crippen LogP contribution in [-0.4, -0.2) is 76.6 Å². The monoisotopic (exact) mass is 523 g/mol. The number of aromatic nitrogens is 1. The lowest BCUT2D eigenvalue weighted by Gasteiger charge is -2.38. The minimum atomic E-state index is -0.985. The van der Waals surface area contributed by atoms with Crippen molar-refractivity contribution in [3.8, 4) is 0 Å². The van der Waals surface area contributed by atoms with Gasteiger partial charge in [-0.15, -0.1) is 0 Å². The molecule has 37 heavy (non-hydrogen) atoms. The van der Waals surface area contributed by atoms with Crippen LogP contribution in [0, 0.1) is 11.8 Å². The number of methoxy groups -OCH3 is 1. The Bertz CT molecular complexity index is 868. The fourth-order valence-corrected chi connectivity index (χ4v) is 5.00. The molecule has 2 saturated heterocycles. The summed E-state index contributed by atoms with van der Waals surface area (Å²) in [5.74, 6) is 1.05. The van der Waals surface area contributed by atoms with Crippen molar-refractivity contribution in [1.82, 2.24) is 4.98 Å². The van der Waals surface area contributed by atoms with Gasteiger partial charge in [0.1, 0.15) is 11.9 Å². The number of carbonyl (C=O) groups excluding carboxylic acids is 1. The molecule has 3 rings (SSSR count). The highest BCUT2D eigenvalue weighted by Crippen LogP contribution is 2.38. The summed E-state index contributed by atoms with van der Waals surface area (Å²) in [6, 6.07) is 0. The summed E-state index contributed by atoms with van der Waals surface area (Å²) in [6.45, 7) is 6.01. The quantitative estimate of drug-likeness (QED) is 0.179. The summed E-state index contributed by atoms with van der Waals surface area (Å²) in [5.41, 5.74) is 0.949. The average Bonchev–Trinajstić information content (AvgIpc) is 3.50. The normalized spacial score (nSPS) is 29.6. The number of nitrogens with zero attached hydrogens (tertiary/aromatic N) is 1. The number of unbranched alkanes of at least 4 members (excludes halogenated alkanes) is 4. The van der Waals surface area contributed by atoms with E-state index < -0.39 is 24.4 Å². The summed E-state index contributed by atoms with van der Waals surface area (Å²) < 4.78 is 22.1. The second-order valence-electron chi connectivity index (χ2n) is 10.8. The Morgan fingerprint density at radius 1 is 1.16 bits per heavy atom. The summed E-state index contributed by atoms with van der Waals surface area (Å²) in [5, 5.41) is 31.1. The molecule has 0 radical (unpaired) electrons. The summed E-state index contributed by atoms with van der Waals surface area (Å²) >= 11 is 0. The average molecular weight is 524 g/mol. The van der Waals surface area contributed by atoms with Crippen LogP contribution in [0.25, 0.3) is 6.08 Å². The van der Waals surface area contributed by atoms with E-state index in [2.05, 4.69) is 9.72 Å². The van der Waals surface area contributed by atoms with E-state index in [0.717, 1.165) is 49.9 Å². The van der Waals surface area contributed by atoms with Gasteiger partial charge in [0.25, 0.3) is 0 Å².